The fourth-order valence-electron chi connectivity index (χ4n) is 2.12. The number of para-hydroxylation sites is 1. The SMILES string of the molecule is COc1ccc(CCNc2c(C)cccc2C#N)cc1. The highest BCUT2D eigenvalue weighted by Gasteiger charge is 2.04. The first-order valence-electron chi connectivity index (χ1n) is 6.61. The Hall–Kier alpha value is -2.47. The Labute approximate surface area is 119 Å². The summed E-state index contributed by atoms with van der Waals surface area (Å²) in [7, 11) is 1.66. The zero-order chi connectivity index (χ0) is 14.4. The van der Waals surface area contributed by atoms with Crippen LogP contribution in [0.1, 0.15) is 16.7 Å². The molecular weight excluding hydrogens is 248 g/mol. The van der Waals surface area contributed by atoms with Gasteiger partial charge >= 0.3 is 0 Å². The van der Waals surface area contributed by atoms with E-state index in [0.717, 1.165) is 30.0 Å². The average molecular weight is 266 g/mol. The first kappa shape index (κ1) is 14.0. The minimum absolute atomic E-state index is 0.694. The van der Waals surface area contributed by atoms with Gasteiger partial charge in [-0.05, 0) is 42.7 Å². The molecule has 3 nitrogen and oxygen atoms in total. The molecule has 0 heterocycles. The molecule has 3 heteroatoms. The maximum atomic E-state index is 9.11. The number of nitrogens with zero attached hydrogens (tertiary/aromatic N) is 1. The van der Waals surface area contributed by atoms with Gasteiger partial charge in [0.2, 0.25) is 0 Å². The predicted octanol–water partition coefficient (Wildman–Crippen LogP) is 3.53. The monoisotopic (exact) mass is 266 g/mol. The van der Waals surface area contributed by atoms with E-state index in [1.54, 1.807) is 7.11 Å². The first-order chi connectivity index (χ1) is 9.74. The second kappa shape index (κ2) is 6.63. The maximum Gasteiger partial charge on any atom is 0.118 e. The summed E-state index contributed by atoms with van der Waals surface area (Å²) in [5.74, 6) is 0.868. The number of rotatable bonds is 5. The molecule has 1 N–H and O–H groups in total. The summed E-state index contributed by atoms with van der Waals surface area (Å²) in [5.41, 5.74) is 3.97. The summed E-state index contributed by atoms with van der Waals surface area (Å²) in [4.78, 5) is 0. The van der Waals surface area contributed by atoms with E-state index < -0.39 is 0 Å². The maximum absolute atomic E-state index is 9.11. The lowest BCUT2D eigenvalue weighted by atomic mass is 10.1. The van der Waals surface area contributed by atoms with Crippen LogP contribution < -0.4 is 10.1 Å². The van der Waals surface area contributed by atoms with Gasteiger partial charge in [0.05, 0.1) is 18.4 Å². The van der Waals surface area contributed by atoms with Crippen molar-refractivity contribution in [1.82, 2.24) is 0 Å². The number of anilines is 1. The molecule has 0 radical (unpaired) electrons. The quantitative estimate of drug-likeness (QED) is 0.900. The highest BCUT2D eigenvalue weighted by Crippen LogP contribution is 2.19. The molecule has 0 aromatic heterocycles. The summed E-state index contributed by atoms with van der Waals surface area (Å²) in [6.07, 6.45) is 0.906. The number of ether oxygens (including phenoxy) is 1. The molecule has 0 aliphatic carbocycles. The van der Waals surface area contributed by atoms with Crippen LogP contribution in [0.25, 0.3) is 0 Å². The molecule has 0 atom stereocenters. The van der Waals surface area contributed by atoms with Gasteiger partial charge in [0.25, 0.3) is 0 Å². The number of methoxy groups -OCH3 is 1. The van der Waals surface area contributed by atoms with Crippen LogP contribution in [0.4, 0.5) is 5.69 Å². The van der Waals surface area contributed by atoms with E-state index in [9.17, 15) is 0 Å². The smallest absolute Gasteiger partial charge is 0.118 e. The second-order valence-electron chi connectivity index (χ2n) is 4.63. The normalized spacial score (nSPS) is 9.85. The fraction of sp³-hybridized carbons (Fsp3) is 0.235. The van der Waals surface area contributed by atoms with Crippen LogP contribution in [-0.4, -0.2) is 13.7 Å². The first-order valence-corrected chi connectivity index (χ1v) is 6.61. The van der Waals surface area contributed by atoms with Crippen molar-refractivity contribution in [3.63, 3.8) is 0 Å². The number of hydrogen-bond donors (Lipinski definition) is 1. The van der Waals surface area contributed by atoms with E-state index in [4.69, 9.17) is 10.00 Å². The molecule has 0 spiro atoms. The van der Waals surface area contributed by atoms with Gasteiger partial charge in [-0.15, -0.1) is 0 Å². The third-order valence-electron chi connectivity index (χ3n) is 3.27. The fourth-order valence-corrected chi connectivity index (χ4v) is 2.12. The van der Waals surface area contributed by atoms with Gasteiger partial charge in [-0.3, -0.25) is 0 Å². The van der Waals surface area contributed by atoms with E-state index >= 15 is 0 Å². The van der Waals surface area contributed by atoms with Crippen molar-refractivity contribution in [3.8, 4) is 11.8 Å². The summed E-state index contributed by atoms with van der Waals surface area (Å²) in [6.45, 7) is 2.81. The van der Waals surface area contributed by atoms with Gasteiger partial charge in [-0.1, -0.05) is 24.3 Å². The molecule has 2 rings (SSSR count). The summed E-state index contributed by atoms with van der Waals surface area (Å²) < 4.78 is 5.14. The molecule has 0 saturated carbocycles. The van der Waals surface area contributed by atoms with Crippen LogP contribution in [0.2, 0.25) is 0 Å². The summed E-state index contributed by atoms with van der Waals surface area (Å²) >= 11 is 0. The van der Waals surface area contributed by atoms with Crippen LogP contribution in [0.5, 0.6) is 5.75 Å². The molecule has 2 aromatic rings. The molecule has 0 unspecified atom stereocenters. The number of aryl methyl sites for hydroxylation is 1. The Morgan fingerprint density at radius 3 is 2.55 bits per heavy atom. The van der Waals surface area contributed by atoms with Crippen molar-refractivity contribution in [1.29, 1.82) is 5.26 Å². The number of hydrogen-bond acceptors (Lipinski definition) is 3. The lowest BCUT2D eigenvalue weighted by Gasteiger charge is -2.11. The van der Waals surface area contributed by atoms with Crippen LogP contribution in [0, 0.1) is 18.3 Å². The number of nitrogens with one attached hydrogen (secondary N) is 1. The minimum Gasteiger partial charge on any atom is -0.497 e. The van der Waals surface area contributed by atoms with Crippen molar-refractivity contribution in [3.05, 3.63) is 59.2 Å². The molecule has 2 aromatic carbocycles. The third-order valence-corrected chi connectivity index (χ3v) is 3.27. The molecule has 0 saturated heterocycles. The minimum atomic E-state index is 0.694. The van der Waals surface area contributed by atoms with Crippen molar-refractivity contribution in [2.45, 2.75) is 13.3 Å². The van der Waals surface area contributed by atoms with E-state index in [1.807, 2.05) is 37.3 Å². The van der Waals surface area contributed by atoms with E-state index in [1.165, 1.54) is 5.56 Å². The topological polar surface area (TPSA) is 45.0 Å². The lowest BCUT2D eigenvalue weighted by molar-refractivity contribution is 0.414. The van der Waals surface area contributed by atoms with Gasteiger partial charge in [-0.25, -0.2) is 0 Å². The predicted molar refractivity (Wildman–Crippen MR) is 81.1 cm³/mol. The molecule has 0 amide bonds. The molecule has 20 heavy (non-hydrogen) atoms. The zero-order valence-corrected chi connectivity index (χ0v) is 11.8. The van der Waals surface area contributed by atoms with Crippen LogP contribution >= 0.6 is 0 Å². The molecule has 0 aliphatic heterocycles. The lowest BCUT2D eigenvalue weighted by Crippen LogP contribution is -2.07. The van der Waals surface area contributed by atoms with Crippen molar-refractivity contribution < 1.29 is 4.74 Å². The van der Waals surface area contributed by atoms with Gasteiger partial charge in [-0.2, -0.15) is 5.26 Å². The zero-order valence-electron chi connectivity index (χ0n) is 11.8. The molecule has 0 fully saturated rings. The van der Waals surface area contributed by atoms with Gasteiger partial charge in [0.15, 0.2) is 0 Å². The van der Waals surface area contributed by atoms with Crippen molar-refractivity contribution in [2.24, 2.45) is 0 Å². The van der Waals surface area contributed by atoms with Crippen LogP contribution in [0.3, 0.4) is 0 Å². The van der Waals surface area contributed by atoms with Crippen molar-refractivity contribution in [2.75, 3.05) is 19.0 Å². The third kappa shape index (κ3) is 3.30. The Morgan fingerprint density at radius 1 is 1.15 bits per heavy atom. The standard InChI is InChI=1S/C17H18N2O/c1-13-4-3-5-15(12-18)17(13)19-11-10-14-6-8-16(20-2)9-7-14/h3-9,19H,10-11H2,1-2H3. The largest absolute Gasteiger partial charge is 0.497 e. The Morgan fingerprint density at radius 2 is 1.90 bits per heavy atom. The molecule has 0 bridgehead atoms. The molecule has 102 valence electrons. The van der Waals surface area contributed by atoms with Crippen LogP contribution in [-0.2, 0) is 6.42 Å². The Kier molecular flexibility index (Phi) is 4.62. The van der Waals surface area contributed by atoms with E-state index in [-0.39, 0.29) is 0 Å². The Bertz CT molecular complexity index is 612. The second-order valence-corrected chi connectivity index (χ2v) is 4.63. The molecule has 0 aliphatic rings. The number of nitriles is 1. The van der Waals surface area contributed by atoms with Gasteiger partial charge < -0.3 is 10.1 Å². The highest BCUT2D eigenvalue weighted by atomic mass is 16.5. The summed E-state index contributed by atoms with van der Waals surface area (Å²) in [6, 6.07) is 16.0. The van der Waals surface area contributed by atoms with Crippen LogP contribution in [0.15, 0.2) is 42.5 Å². The Balaban J connectivity index is 1.97. The summed E-state index contributed by atoms with van der Waals surface area (Å²) in [5, 5.41) is 12.5. The number of benzene rings is 2. The highest BCUT2D eigenvalue weighted by molar-refractivity contribution is 5.62. The van der Waals surface area contributed by atoms with Gasteiger partial charge in [0, 0.05) is 6.54 Å². The van der Waals surface area contributed by atoms with Crippen molar-refractivity contribution >= 4 is 5.69 Å². The average Bonchev–Trinajstić information content (AvgIpc) is 2.49. The van der Waals surface area contributed by atoms with Gasteiger partial charge in [0.1, 0.15) is 11.8 Å². The van der Waals surface area contributed by atoms with E-state index in [0.29, 0.717) is 5.56 Å². The van der Waals surface area contributed by atoms with E-state index in [2.05, 4.69) is 23.5 Å². The molecular formula is C17H18N2O.